The van der Waals surface area contributed by atoms with E-state index in [1.54, 1.807) is 0 Å². The SMILES string of the molecule is C=C(C(C)=O)[C@H](O)C[C@H]1O[C@@H]2O[C@]3(C)CC[C@H]4[C@H](C)CC[C@@](C)([C@H]1C)[C@@]24OO3. The maximum absolute atomic E-state index is 11.6. The summed E-state index contributed by atoms with van der Waals surface area (Å²) in [6, 6.07) is 0. The smallest absolute Gasteiger partial charge is 0.201 e. The number of hydrogen-bond acceptors (Lipinski definition) is 6. The van der Waals surface area contributed by atoms with Crippen molar-refractivity contribution in [1.29, 1.82) is 0 Å². The molecule has 6 heteroatoms. The zero-order chi connectivity index (χ0) is 20.5. The van der Waals surface area contributed by atoms with Gasteiger partial charge >= 0.3 is 0 Å². The minimum Gasteiger partial charge on any atom is -0.388 e. The second-order valence-corrected chi connectivity index (χ2v) is 9.92. The van der Waals surface area contributed by atoms with Gasteiger partial charge in [-0.25, -0.2) is 9.78 Å². The first-order valence-corrected chi connectivity index (χ1v) is 10.6. The summed E-state index contributed by atoms with van der Waals surface area (Å²) in [6.45, 7) is 13.8. The quantitative estimate of drug-likeness (QED) is 0.581. The van der Waals surface area contributed by atoms with Gasteiger partial charge in [0.05, 0.1) is 12.2 Å². The van der Waals surface area contributed by atoms with Crippen molar-refractivity contribution in [2.75, 3.05) is 0 Å². The van der Waals surface area contributed by atoms with E-state index in [1.807, 2.05) is 6.92 Å². The topological polar surface area (TPSA) is 74.2 Å². The van der Waals surface area contributed by atoms with E-state index >= 15 is 0 Å². The molecule has 5 aliphatic rings. The van der Waals surface area contributed by atoms with E-state index in [0.29, 0.717) is 18.3 Å². The lowest BCUT2D eigenvalue weighted by atomic mass is 9.49. The van der Waals surface area contributed by atoms with Crippen molar-refractivity contribution in [2.45, 2.75) is 96.6 Å². The van der Waals surface area contributed by atoms with Gasteiger partial charge in [0.1, 0.15) is 0 Å². The number of fused-ring (bicyclic) bond motifs is 2. The van der Waals surface area contributed by atoms with Crippen LogP contribution in [0.3, 0.4) is 0 Å². The predicted octanol–water partition coefficient (Wildman–Crippen LogP) is 3.52. The summed E-state index contributed by atoms with van der Waals surface area (Å²) in [5.74, 6) is -0.123. The molecular formula is C22H34O6. The summed E-state index contributed by atoms with van der Waals surface area (Å²) in [5.41, 5.74) is -0.647. The molecule has 0 aromatic rings. The van der Waals surface area contributed by atoms with Crippen LogP contribution in [0.1, 0.15) is 66.7 Å². The molecule has 2 bridgehead atoms. The molecule has 0 aromatic carbocycles. The Bertz CT molecular complexity index is 678. The average Bonchev–Trinajstić information content (AvgIpc) is 2.87. The number of hydrogen-bond donors (Lipinski definition) is 1. The van der Waals surface area contributed by atoms with Crippen molar-refractivity contribution in [3.05, 3.63) is 12.2 Å². The zero-order valence-corrected chi connectivity index (χ0v) is 17.7. The van der Waals surface area contributed by atoms with Crippen LogP contribution >= 0.6 is 0 Å². The maximum Gasteiger partial charge on any atom is 0.201 e. The third kappa shape index (κ3) is 2.68. The molecule has 4 heterocycles. The fraction of sp³-hybridized carbons (Fsp3) is 0.864. The molecule has 1 saturated carbocycles. The molecular weight excluding hydrogens is 360 g/mol. The molecule has 6 nitrogen and oxygen atoms in total. The first-order chi connectivity index (χ1) is 13.0. The van der Waals surface area contributed by atoms with Crippen molar-refractivity contribution < 1.29 is 29.1 Å². The predicted molar refractivity (Wildman–Crippen MR) is 102 cm³/mol. The van der Waals surface area contributed by atoms with E-state index in [1.165, 1.54) is 6.92 Å². The van der Waals surface area contributed by atoms with Crippen LogP contribution in [0.4, 0.5) is 0 Å². The summed E-state index contributed by atoms with van der Waals surface area (Å²) >= 11 is 0. The maximum atomic E-state index is 11.6. The largest absolute Gasteiger partial charge is 0.388 e. The van der Waals surface area contributed by atoms with Gasteiger partial charge in [0, 0.05) is 23.8 Å². The lowest BCUT2D eigenvalue weighted by molar-refractivity contribution is -0.581. The summed E-state index contributed by atoms with van der Waals surface area (Å²) in [7, 11) is 0. The zero-order valence-electron chi connectivity index (χ0n) is 17.7. The van der Waals surface area contributed by atoms with Gasteiger partial charge in [-0.3, -0.25) is 4.79 Å². The third-order valence-corrected chi connectivity index (χ3v) is 8.39. The third-order valence-electron chi connectivity index (χ3n) is 8.39. The fourth-order valence-corrected chi connectivity index (χ4v) is 6.17. The van der Waals surface area contributed by atoms with Gasteiger partial charge in [0.15, 0.2) is 17.7 Å². The van der Waals surface area contributed by atoms with Crippen molar-refractivity contribution in [1.82, 2.24) is 0 Å². The van der Waals surface area contributed by atoms with Crippen LogP contribution < -0.4 is 0 Å². The number of carbonyl (C=O) groups is 1. The highest BCUT2D eigenvalue weighted by atomic mass is 17.3. The van der Waals surface area contributed by atoms with Gasteiger partial charge in [-0.15, -0.1) is 0 Å². The Morgan fingerprint density at radius 3 is 2.61 bits per heavy atom. The standard InChI is InChI=1S/C22H34O6/c1-12-7-9-20(5)14(3)18(11-17(24)13(2)15(4)23)25-19-22(20)16(12)8-10-21(6,26-19)27-28-22/h12,14,16-19,24H,2,7-11H2,1,3-6H3/t12-,14+,16+,17-,18-,19-,20+,21+,22+/m1/s1. The molecule has 9 atom stereocenters. The minimum atomic E-state index is -0.920. The second-order valence-electron chi connectivity index (χ2n) is 9.92. The lowest BCUT2D eigenvalue weighted by Gasteiger charge is -2.65. The van der Waals surface area contributed by atoms with E-state index in [4.69, 9.17) is 19.2 Å². The number of carbonyl (C=O) groups excluding carboxylic acids is 1. The van der Waals surface area contributed by atoms with Crippen molar-refractivity contribution in [3.63, 3.8) is 0 Å². The first kappa shape index (κ1) is 20.5. The first-order valence-electron chi connectivity index (χ1n) is 10.6. The van der Waals surface area contributed by atoms with Gasteiger partial charge in [-0.05, 0) is 50.9 Å². The Balaban J connectivity index is 1.70. The molecule has 0 radical (unpaired) electrons. The van der Waals surface area contributed by atoms with Crippen molar-refractivity contribution in [3.8, 4) is 0 Å². The molecule has 158 valence electrons. The van der Waals surface area contributed by atoms with Crippen LogP contribution in [-0.2, 0) is 24.0 Å². The number of aliphatic hydroxyl groups excluding tert-OH is 1. The molecule has 5 rings (SSSR count). The van der Waals surface area contributed by atoms with E-state index in [9.17, 15) is 9.90 Å². The van der Waals surface area contributed by atoms with Gasteiger partial charge < -0.3 is 14.6 Å². The Hall–Kier alpha value is -0.790. The number of Topliss-reactive ketones (excluding diaryl/α,β-unsaturated/α-hetero) is 1. The molecule has 0 unspecified atom stereocenters. The second kappa shape index (κ2) is 6.61. The molecule has 4 aliphatic heterocycles. The van der Waals surface area contributed by atoms with E-state index < -0.39 is 23.8 Å². The summed E-state index contributed by atoms with van der Waals surface area (Å²) < 4.78 is 12.9. The minimum absolute atomic E-state index is 0.0998. The molecule has 5 fully saturated rings. The number of ether oxygens (including phenoxy) is 2. The Morgan fingerprint density at radius 2 is 1.93 bits per heavy atom. The van der Waals surface area contributed by atoms with Gasteiger partial charge in [-0.2, -0.15) is 0 Å². The highest BCUT2D eigenvalue weighted by molar-refractivity contribution is 5.93. The van der Waals surface area contributed by atoms with Crippen LogP contribution in [0.5, 0.6) is 0 Å². The van der Waals surface area contributed by atoms with Gasteiger partial charge in [-0.1, -0.05) is 27.4 Å². The molecule has 1 N–H and O–H groups in total. The van der Waals surface area contributed by atoms with E-state index in [0.717, 1.165) is 25.7 Å². The van der Waals surface area contributed by atoms with Crippen LogP contribution in [-0.4, -0.2) is 40.8 Å². The molecule has 0 amide bonds. The summed E-state index contributed by atoms with van der Waals surface area (Å²) in [6.07, 6.45) is 2.44. The molecule has 0 aromatic heterocycles. The molecule has 28 heavy (non-hydrogen) atoms. The van der Waals surface area contributed by atoms with Crippen LogP contribution in [0.2, 0.25) is 0 Å². The normalized spacial score (nSPS) is 51.1. The average molecular weight is 395 g/mol. The fourth-order valence-electron chi connectivity index (χ4n) is 6.17. The Kier molecular flexibility index (Phi) is 4.83. The Morgan fingerprint density at radius 1 is 1.21 bits per heavy atom. The van der Waals surface area contributed by atoms with Crippen LogP contribution in [0.15, 0.2) is 12.2 Å². The number of aliphatic hydroxyl groups is 1. The molecule has 4 saturated heterocycles. The molecule has 1 aliphatic carbocycles. The van der Waals surface area contributed by atoms with E-state index in [-0.39, 0.29) is 28.8 Å². The monoisotopic (exact) mass is 394 g/mol. The van der Waals surface area contributed by atoms with Crippen molar-refractivity contribution >= 4 is 5.78 Å². The summed E-state index contributed by atoms with van der Waals surface area (Å²) in [5, 5.41) is 10.5. The lowest BCUT2D eigenvalue weighted by Crippen LogP contribution is -2.74. The highest BCUT2D eigenvalue weighted by Gasteiger charge is 2.73. The molecule has 1 spiro atoms. The van der Waals surface area contributed by atoms with Crippen molar-refractivity contribution in [2.24, 2.45) is 23.2 Å². The number of rotatable bonds is 4. The van der Waals surface area contributed by atoms with Gasteiger partial charge in [0.2, 0.25) is 5.79 Å². The van der Waals surface area contributed by atoms with Crippen LogP contribution in [0.25, 0.3) is 0 Å². The van der Waals surface area contributed by atoms with Crippen LogP contribution in [0, 0.1) is 23.2 Å². The Labute approximate surface area is 167 Å². The highest BCUT2D eigenvalue weighted by Crippen LogP contribution is 2.66. The van der Waals surface area contributed by atoms with Gasteiger partial charge in [0.25, 0.3) is 0 Å². The number of ketones is 1. The van der Waals surface area contributed by atoms with E-state index in [2.05, 4.69) is 27.4 Å². The summed E-state index contributed by atoms with van der Waals surface area (Å²) in [4.78, 5) is 23.7.